The Bertz CT molecular complexity index is 1160. The third kappa shape index (κ3) is 2.92. The molecule has 2 aromatic carbocycles. The minimum absolute atomic E-state index is 0.0198. The quantitative estimate of drug-likeness (QED) is 0.367. The molecule has 0 saturated heterocycles. The van der Waals surface area contributed by atoms with Crippen molar-refractivity contribution in [2.75, 3.05) is 18.5 Å². The molecule has 7 nitrogen and oxygen atoms in total. The van der Waals surface area contributed by atoms with Crippen molar-refractivity contribution in [3.8, 4) is 0 Å². The molecule has 0 bridgehead atoms. The number of ether oxygens (including phenoxy) is 2. The summed E-state index contributed by atoms with van der Waals surface area (Å²) in [7, 11) is 0. The standard InChI is InChI=1S/C23H18INO6/c1-3-30-21(28)23(22(29)31-4-2)14-10-7-11-15(24)17(14)25-18-16(23)19(26)12-8-5-6-9-13(12)20(18)27/h5-11,25H,3-4H2,1-2H3. The smallest absolute Gasteiger partial charge is 0.333 e. The van der Waals surface area contributed by atoms with Crippen LogP contribution in [0.4, 0.5) is 5.69 Å². The van der Waals surface area contributed by atoms with E-state index < -0.39 is 28.9 Å². The molecular weight excluding hydrogens is 513 g/mol. The van der Waals surface area contributed by atoms with Gasteiger partial charge in [-0.15, -0.1) is 0 Å². The van der Waals surface area contributed by atoms with Crippen molar-refractivity contribution in [2.24, 2.45) is 0 Å². The van der Waals surface area contributed by atoms with Gasteiger partial charge in [0.25, 0.3) is 0 Å². The SMILES string of the molecule is CCOC(=O)C1(C(=O)OCC)C2=C(Nc3c(I)cccc31)C(=O)c1ccccc1C2=O. The molecule has 0 radical (unpaired) electrons. The summed E-state index contributed by atoms with van der Waals surface area (Å²) in [5.41, 5.74) is -1.65. The molecule has 0 atom stereocenters. The van der Waals surface area contributed by atoms with Crippen LogP contribution >= 0.6 is 22.6 Å². The summed E-state index contributed by atoms with van der Waals surface area (Å²) < 4.78 is 11.3. The highest BCUT2D eigenvalue weighted by Crippen LogP contribution is 2.49. The third-order valence-corrected chi connectivity index (χ3v) is 6.23. The van der Waals surface area contributed by atoms with Crippen LogP contribution in [0.1, 0.15) is 40.1 Å². The molecule has 4 rings (SSSR count). The van der Waals surface area contributed by atoms with Crippen molar-refractivity contribution in [2.45, 2.75) is 19.3 Å². The maximum absolute atomic E-state index is 13.7. The van der Waals surface area contributed by atoms with Crippen molar-refractivity contribution < 1.29 is 28.7 Å². The molecule has 1 heterocycles. The first-order valence-electron chi connectivity index (χ1n) is 9.73. The van der Waals surface area contributed by atoms with Gasteiger partial charge < -0.3 is 14.8 Å². The molecule has 8 heteroatoms. The first-order chi connectivity index (χ1) is 14.9. The number of para-hydroxylation sites is 1. The predicted octanol–water partition coefficient (Wildman–Crippen LogP) is 3.41. The number of carbonyl (C=O) groups is 4. The van der Waals surface area contributed by atoms with Crippen LogP contribution in [-0.4, -0.2) is 36.7 Å². The van der Waals surface area contributed by atoms with Crippen molar-refractivity contribution in [1.29, 1.82) is 0 Å². The first-order valence-corrected chi connectivity index (χ1v) is 10.8. The average Bonchev–Trinajstić information content (AvgIpc) is 2.76. The van der Waals surface area contributed by atoms with Crippen molar-refractivity contribution in [1.82, 2.24) is 0 Å². The predicted molar refractivity (Wildman–Crippen MR) is 120 cm³/mol. The van der Waals surface area contributed by atoms with Gasteiger partial charge in [-0.25, -0.2) is 0 Å². The Kier molecular flexibility index (Phi) is 5.42. The highest BCUT2D eigenvalue weighted by atomic mass is 127. The van der Waals surface area contributed by atoms with Crippen LogP contribution < -0.4 is 5.32 Å². The lowest BCUT2D eigenvalue weighted by atomic mass is 9.65. The number of hydrogen-bond donors (Lipinski definition) is 1. The molecular formula is C23H18INO6. The van der Waals surface area contributed by atoms with Crippen LogP contribution in [-0.2, 0) is 24.5 Å². The van der Waals surface area contributed by atoms with Gasteiger partial charge in [-0.3, -0.25) is 19.2 Å². The molecule has 0 spiro atoms. The van der Waals surface area contributed by atoms with Gasteiger partial charge >= 0.3 is 11.9 Å². The fourth-order valence-corrected chi connectivity index (χ4v) is 4.69. The Balaban J connectivity index is 2.13. The maximum Gasteiger partial charge on any atom is 0.333 e. The van der Waals surface area contributed by atoms with Gasteiger partial charge in [0.2, 0.25) is 11.2 Å². The molecule has 2 aliphatic rings. The molecule has 0 aromatic heterocycles. The number of fused-ring (bicyclic) bond motifs is 2. The summed E-state index contributed by atoms with van der Waals surface area (Å²) >= 11 is 2.04. The zero-order valence-corrected chi connectivity index (χ0v) is 18.9. The van der Waals surface area contributed by atoms with Crippen LogP contribution in [0.25, 0.3) is 0 Å². The van der Waals surface area contributed by atoms with Crippen LogP contribution in [0.15, 0.2) is 53.7 Å². The van der Waals surface area contributed by atoms with E-state index in [4.69, 9.17) is 9.47 Å². The fourth-order valence-electron chi connectivity index (χ4n) is 4.06. The highest BCUT2D eigenvalue weighted by molar-refractivity contribution is 14.1. The van der Waals surface area contributed by atoms with Gasteiger partial charge in [0, 0.05) is 20.3 Å². The maximum atomic E-state index is 13.7. The van der Waals surface area contributed by atoms with Gasteiger partial charge in [0.1, 0.15) is 0 Å². The topological polar surface area (TPSA) is 98.8 Å². The number of nitrogens with one attached hydrogen (secondary N) is 1. The van der Waals surface area contributed by atoms with Crippen LogP contribution in [0.2, 0.25) is 0 Å². The number of allylic oxidation sites excluding steroid dienone is 1. The lowest BCUT2D eigenvalue weighted by molar-refractivity contribution is -0.162. The van der Waals surface area contributed by atoms with Crippen molar-refractivity contribution >= 4 is 51.8 Å². The number of ketones is 2. The molecule has 158 valence electrons. The van der Waals surface area contributed by atoms with Crippen LogP contribution in [0, 0.1) is 3.57 Å². The molecule has 2 aromatic rings. The Morgan fingerprint density at radius 2 is 1.48 bits per heavy atom. The van der Waals surface area contributed by atoms with Crippen molar-refractivity contribution in [3.05, 3.63) is 74.0 Å². The second-order valence-electron chi connectivity index (χ2n) is 6.93. The number of benzene rings is 2. The minimum Gasteiger partial charge on any atom is -0.465 e. The molecule has 0 fully saturated rings. The second-order valence-corrected chi connectivity index (χ2v) is 8.09. The molecule has 31 heavy (non-hydrogen) atoms. The van der Waals surface area contributed by atoms with Gasteiger partial charge in [0.15, 0.2) is 5.78 Å². The Morgan fingerprint density at radius 3 is 2.06 bits per heavy atom. The normalized spacial score (nSPS) is 16.0. The third-order valence-electron chi connectivity index (χ3n) is 5.33. The van der Waals surface area contributed by atoms with E-state index in [9.17, 15) is 19.2 Å². The average molecular weight is 531 g/mol. The summed E-state index contributed by atoms with van der Waals surface area (Å²) in [6, 6.07) is 11.3. The van der Waals surface area contributed by atoms with Gasteiger partial charge in [0.05, 0.1) is 30.2 Å². The molecule has 1 aliphatic heterocycles. The second kappa shape index (κ2) is 7.92. The lowest BCUT2D eigenvalue weighted by Gasteiger charge is -2.39. The number of anilines is 1. The molecule has 0 unspecified atom stereocenters. The fraction of sp³-hybridized carbons (Fsp3) is 0.217. The zero-order valence-electron chi connectivity index (χ0n) is 16.8. The van der Waals surface area contributed by atoms with Crippen molar-refractivity contribution in [3.63, 3.8) is 0 Å². The van der Waals surface area contributed by atoms with E-state index in [1.165, 1.54) is 6.07 Å². The zero-order chi connectivity index (χ0) is 22.3. The summed E-state index contributed by atoms with van der Waals surface area (Å²) in [4.78, 5) is 54.0. The van der Waals surface area contributed by atoms with Crippen LogP contribution in [0.5, 0.6) is 0 Å². The minimum atomic E-state index is -2.22. The number of Topliss-reactive ketones (excluding diaryl/α,β-unsaturated/α-hetero) is 2. The highest BCUT2D eigenvalue weighted by Gasteiger charge is 2.62. The molecule has 1 aliphatic carbocycles. The van der Waals surface area contributed by atoms with Gasteiger partial charge in [-0.2, -0.15) is 0 Å². The number of halogens is 1. The van der Waals surface area contributed by atoms with E-state index in [0.29, 0.717) is 9.26 Å². The molecule has 0 amide bonds. The summed E-state index contributed by atoms with van der Waals surface area (Å²) in [6.07, 6.45) is 0. The van der Waals surface area contributed by atoms with Crippen LogP contribution in [0.3, 0.4) is 0 Å². The molecule has 1 N–H and O–H groups in total. The number of rotatable bonds is 4. The monoisotopic (exact) mass is 531 g/mol. The van der Waals surface area contributed by atoms with E-state index >= 15 is 0 Å². The Labute approximate surface area is 191 Å². The Morgan fingerprint density at radius 1 is 0.903 bits per heavy atom. The summed E-state index contributed by atoms with van der Waals surface area (Å²) in [5, 5.41) is 3.02. The Hall–Kier alpha value is -3.01. The van der Waals surface area contributed by atoms with E-state index in [0.717, 1.165) is 0 Å². The van der Waals surface area contributed by atoms with E-state index in [1.807, 2.05) is 22.6 Å². The largest absolute Gasteiger partial charge is 0.465 e. The van der Waals surface area contributed by atoms with E-state index in [-0.39, 0.29) is 41.2 Å². The van der Waals surface area contributed by atoms with E-state index in [1.54, 1.807) is 50.2 Å². The lowest BCUT2D eigenvalue weighted by Crippen LogP contribution is -2.54. The van der Waals surface area contributed by atoms with Gasteiger partial charge in [-0.1, -0.05) is 36.4 Å². The number of esters is 2. The number of carbonyl (C=O) groups excluding carboxylic acids is 4. The van der Waals surface area contributed by atoms with Gasteiger partial charge in [-0.05, 0) is 42.5 Å². The molecule has 0 saturated carbocycles. The summed E-state index contributed by atoms with van der Waals surface area (Å²) in [6.45, 7) is 3.17. The number of hydrogen-bond acceptors (Lipinski definition) is 7. The first kappa shape index (κ1) is 21.2. The van der Waals surface area contributed by atoms with E-state index in [2.05, 4.69) is 5.32 Å². The summed E-state index contributed by atoms with van der Waals surface area (Å²) in [5.74, 6) is -2.98.